The van der Waals surface area contributed by atoms with Crippen molar-refractivity contribution < 1.29 is 9.53 Å². The van der Waals surface area contributed by atoms with Crippen LogP contribution in [-0.2, 0) is 13.2 Å². The zero-order valence-corrected chi connectivity index (χ0v) is 15.1. The molecule has 0 bridgehead atoms. The van der Waals surface area contributed by atoms with Crippen LogP contribution < -0.4 is 4.74 Å². The number of benzene rings is 2. The summed E-state index contributed by atoms with van der Waals surface area (Å²) in [6.07, 6.45) is 4.78. The molecule has 24 heavy (non-hydrogen) atoms. The van der Waals surface area contributed by atoms with Gasteiger partial charge in [0.05, 0.1) is 0 Å². The Morgan fingerprint density at radius 3 is 2.58 bits per heavy atom. The molecule has 0 spiro atoms. The number of hydrogen-bond acceptors (Lipinski definition) is 2. The maximum atomic E-state index is 12.6. The van der Waals surface area contributed by atoms with E-state index in [0.717, 1.165) is 46.3 Å². The van der Waals surface area contributed by atoms with Crippen molar-refractivity contribution in [2.45, 2.75) is 44.9 Å². The summed E-state index contributed by atoms with van der Waals surface area (Å²) in [6, 6.07) is 14.4. The van der Waals surface area contributed by atoms with Crippen LogP contribution in [0.2, 0.25) is 0 Å². The number of hydrogen-bond donors (Lipinski definition) is 0. The van der Waals surface area contributed by atoms with E-state index in [1.165, 1.54) is 12.8 Å². The molecule has 0 radical (unpaired) electrons. The smallest absolute Gasteiger partial charge is 0.254 e. The predicted octanol–water partition coefficient (Wildman–Crippen LogP) is 4.93. The minimum absolute atomic E-state index is 0.191. The van der Waals surface area contributed by atoms with E-state index in [0.29, 0.717) is 12.6 Å². The second kappa shape index (κ2) is 6.60. The first-order chi connectivity index (χ1) is 11.7. The Balaban J connectivity index is 1.46. The number of fused-ring (bicyclic) bond motifs is 1. The Morgan fingerprint density at radius 1 is 1.08 bits per heavy atom. The molecule has 2 aromatic carbocycles. The highest BCUT2D eigenvalue weighted by atomic mass is 79.9. The fourth-order valence-electron chi connectivity index (χ4n) is 3.67. The minimum atomic E-state index is 0.191. The number of nitrogens with zero attached hydrogens (tertiary/aromatic N) is 1. The average Bonchev–Trinajstić information content (AvgIpc) is 3.22. The van der Waals surface area contributed by atoms with Gasteiger partial charge in [-0.05, 0) is 54.3 Å². The van der Waals surface area contributed by atoms with E-state index in [1.54, 1.807) is 0 Å². The van der Waals surface area contributed by atoms with Crippen LogP contribution in [0.3, 0.4) is 0 Å². The van der Waals surface area contributed by atoms with Crippen molar-refractivity contribution in [1.82, 2.24) is 4.90 Å². The molecule has 1 saturated carbocycles. The van der Waals surface area contributed by atoms with Gasteiger partial charge >= 0.3 is 0 Å². The normalized spacial score (nSPS) is 17.4. The summed E-state index contributed by atoms with van der Waals surface area (Å²) in [5.41, 5.74) is 3.07. The molecule has 1 aliphatic heterocycles. The molecule has 3 nitrogen and oxygen atoms in total. The highest BCUT2D eigenvalue weighted by molar-refractivity contribution is 9.10. The van der Waals surface area contributed by atoms with Crippen molar-refractivity contribution in [3.63, 3.8) is 0 Å². The molecule has 4 rings (SSSR count). The number of rotatable bonds is 4. The lowest BCUT2D eigenvalue weighted by atomic mass is 10.1. The van der Waals surface area contributed by atoms with Crippen molar-refractivity contribution in [1.29, 1.82) is 0 Å². The van der Waals surface area contributed by atoms with E-state index in [4.69, 9.17) is 4.74 Å². The van der Waals surface area contributed by atoms with Crippen LogP contribution in [0.25, 0.3) is 0 Å². The molecule has 4 heteroatoms. The van der Waals surface area contributed by atoms with Gasteiger partial charge in [0.25, 0.3) is 5.91 Å². The Labute approximate surface area is 150 Å². The molecule has 2 aromatic rings. The van der Waals surface area contributed by atoms with Crippen LogP contribution in [0.15, 0.2) is 46.9 Å². The molecule has 1 aliphatic carbocycles. The second-order valence-electron chi connectivity index (χ2n) is 6.61. The van der Waals surface area contributed by atoms with Crippen LogP contribution in [0.4, 0.5) is 0 Å². The standard InChI is InChI=1S/C20H20BrNO2/c21-16-7-5-14(6-8-16)13-24-18-9-10-19-15(11-18)12-22(20(19)23)17-3-1-2-4-17/h5-11,17H,1-4,12-13H2. The summed E-state index contributed by atoms with van der Waals surface area (Å²) in [4.78, 5) is 14.6. The van der Waals surface area contributed by atoms with E-state index >= 15 is 0 Å². The van der Waals surface area contributed by atoms with E-state index < -0.39 is 0 Å². The topological polar surface area (TPSA) is 29.5 Å². The third-order valence-corrected chi connectivity index (χ3v) is 5.52. The first kappa shape index (κ1) is 15.7. The molecule has 0 saturated heterocycles. The molecule has 0 unspecified atom stereocenters. The first-order valence-electron chi connectivity index (χ1n) is 8.52. The van der Waals surface area contributed by atoms with Gasteiger partial charge in [-0.2, -0.15) is 0 Å². The molecule has 0 atom stereocenters. The zero-order valence-electron chi connectivity index (χ0n) is 13.5. The van der Waals surface area contributed by atoms with Crippen molar-refractivity contribution in [3.05, 3.63) is 63.6 Å². The van der Waals surface area contributed by atoms with Gasteiger partial charge in [0, 0.05) is 22.6 Å². The van der Waals surface area contributed by atoms with Gasteiger partial charge in [0.2, 0.25) is 0 Å². The number of amides is 1. The molecule has 0 N–H and O–H groups in total. The van der Waals surface area contributed by atoms with Gasteiger partial charge in [-0.15, -0.1) is 0 Å². The SMILES string of the molecule is O=C1c2ccc(OCc3ccc(Br)cc3)cc2CN1C1CCCC1. The van der Waals surface area contributed by atoms with Gasteiger partial charge < -0.3 is 9.64 Å². The summed E-state index contributed by atoms with van der Waals surface area (Å²) >= 11 is 3.44. The largest absolute Gasteiger partial charge is 0.489 e. The molecule has 1 heterocycles. The van der Waals surface area contributed by atoms with Gasteiger partial charge in [-0.25, -0.2) is 0 Å². The van der Waals surface area contributed by atoms with Gasteiger partial charge in [0.1, 0.15) is 12.4 Å². The van der Waals surface area contributed by atoms with E-state index in [-0.39, 0.29) is 5.91 Å². The molecule has 0 aromatic heterocycles. The van der Waals surface area contributed by atoms with Crippen LogP contribution in [0.1, 0.15) is 47.2 Å². The van der Waals surface area contributed by atoms with Crippen molar-refractivity contribution in [3.8, 4) is 5.75 Å². The second-order valence-corrected chi connectivity index (χ2v) is 7.52. The minimum Gasteiger partial charge on any atom is -0.489 e. The quantitative estimate of drug-likeness (QED) is 0.746. The lowest BCUT2D eigenvalue weighted by Crippen LogP contribution is -2.33. The van der Waals surface area contributed by atoms with Crippen LogP contribution in [0, 0.1) is 0 Å². The summed E-state index contributed by atoms with van der Waals surface area (Å²) in [5, 5.41) is 0. The summed E-state index contributed by atoms with van der Waals surface area (Å²) in [6.45, 7) is 1.26. The maximum absolute atomic E-state index is 12.6. The number of carbonyl (C=O) groups is 1. The van der Waals surface area contributed by atoms with Crippen molar-refractivity contribution >= 4 is 21.8 Å². The zero-order chi connectivity index (χ0) is 16.5. The molecule has 1 amide bonds. The Morgan fingerprint density at radius 2 is 1.83 bits per heavy atom. The number of ether oxygens (including phenoxy) is 1. The Hall–Kier alpha value is -1.81. The fraction of sp³-hybridized carbons (Fsp3) is 0.350. The summed E-state index contributed by atoms with van der Waals surface area (Å²) in [5.74, 6) is 1.02. The van der Waals surface area contributed by atoms with E-state index in [9.17, 15) is 4.79 Å². The highest BCUT2D eigenvalue weighted by Crippen LogP contribution is 2.33. The Bertz CT molecular complexity index is 751. The average molecular weight is 386 g/mol. The van der Waals surface area contributed by atoms with Crippen molar-refractivity contribution in [2.24, 2.45) is 0 Å². The van der Waals surface area contributed by atoms with Crippen molar-refractivity contribution in [2.75, 3.05) is 0 Å². The highest BCUT2D eigenvalue weighted by Gasteiger charge is 2.34. The van der Waals surface area contributed by atoms with E-state index in [1.807, 2.05) is 42.5 Å². The summed E-state index contributed by atoms with van der Waals surface area (Å²) < 4.78 is 6.97. The molecule has 124 valence electrons. The lowest BCUT2D eigenvalue weighted by molar-refractivity contribution is 0.0707. The fourth-order valence-corrected chi connectivity index (χ4v) is 3.93. The van der Waals surface area contributed by atoms with Gasteiger partial charge in [-0.1, -0.05) is 40.9 Å². The maximum Gasteiger partial charge on any atom is 0.254 e. The molecular weight excluding hydrogens is 366 g/mol. The predicted molar refractivity (Wildman–Crippen MR) is 97.0 cm³/mol. The van der Waals surface area contributed by atoms with E-state index in [2.05, 4.69) is 20.8 Å². The number of carbonyl (C=O) groups excluding carboxylic acids is 1. The Kier molecular flexibility index (Phi) is 4.31. The lowest BCUT2D eigenvalue weighted by Gasteiger charge is -2.23. The monoisotopic (exact) mass is 385 g/mol. The van der Waals surface area contributed by atoms with Crippen LogP contribution >= 0.6 is 15.9 Å². The van der Waals surface area contributed by atoms with Crippen LogP contribution in [-0.4, -0.2) is 16.8 Å². The third kappa shape index (κ3) is 3.07. The molecule has 2 aliphatic rings. The third-order valence-electron chi connectivity index (χ3n) is 4.99. The first-order valence-corrected chi connectivity index (χ1v) is 9.31. The summed E-state index contributed by atoms with van der Waals surface area (Å²) in [7, 11) is 0. The molecule has 1 fully saturated rings. The van der Waals surface area contributed by atoms with Crippen LogP contribution in [0.5, 0.6) is 5.75 Å². The van der Waals surface area contributed by atoms with Gasteiger partial charge in [-0.3, -0.25) is 4.79 Å². The molecular formula is C20H20BrNO2. The number of halogens is 1. The van der Waals surface area contributed by atoms with Gasteiger partial charge in [0.15, 0.2) is 0 Å².